The van der Waals surface area contributed by atoms with Crippen LogP contribution in [0.15, 0.2) is 41.8 Å². The first-order chi connectivity index (χ1) is 18.7. The van der Waals surface area contributed by atoms with Crippen molar-refractivity contribution in [3.8, 4) is 26.9 Å². The molecule has 4 aromatic rings. The zero-order valence-electron chi connectivity index (χ0n) is 20.7. The Morgan fingerprint density at radius 3 is 2.67 bits per heavy atom. The number of halogens is 2. The van der Waals surface area contributed by atoms with Gasteiger partial charge in [0.1, 0.15) is 33.1 Å². The van der Waals surface area contributed by atoms with E-state index in [1.165, 1.54) is 25.3 Å². The minimum absolute atomic E-state index is 0.0322. The standard InChI is InChI=1S/C25H24F2N6O4S2/c1-3-13(10-34)29-24(36)33-25-32-21(28)20(39-25)23-31-19(11-38-23)15-8-18(17(27)9-16(15)26)30-22(35)12-5-4-6-14(7-12)37-2/h4-9,11,13,34H,3,10,28H2,1-2H3,(H,30,35)(H2,29,32,33,36). The van der Waals surface area contributed by atoms with Crippen molar-refractivity contribution in [2.45, 2.75) is 19.4 Å². The maximum Gasteiger partial charge on any atom is 0.321 e. The van der Waals surface area contributed by atoms with Gasteiger partial charge in [-0.1, -0.05) is 24.3 Å². The molecule has 0 aliphatic carbocycles. The topological polar surface area (TPSA) is 151 Å². The third-order valence-electron chi connectivity index (χ3n) is 5.53. The first-order valence-electron chi connectivity index (χ1n) is 11.6. The second-order valence-corrected chi connectivity index (χ2v) is 10.0. The van der Waals surface area contributed by atoms with Crippen molar-refractivity contribution in [3.05, 3.63) is 59.0 Å². The monoisotopic (exact) mass is 574 g/mol. The predicted octanol–water partition coefficient (Wildman–Crippen LogP) is 4.95. The van der Waals surface area contributed by atoms with E-state index in [4.69, 9.17) is 10.5 Å². The molecule has 0 aliphatic rings. The van der Waals surface area contributed by atoms with Crippen molar-refractivity contribution >= 4 is 51.2 Å². The van der Waals surface area contributed by atoms with Gasteiger partial charge in [0.15, 0.2) is 5.13 Å². The second kappa shape index (κ2) is 12.1. The number of nitrogens with one attached hydrogen (secondary N) is 3. The number of benzene rings is 2. The third-order valence-corrected chi connectivity index (χ3v) is 7.52. The van der Waals surface area contributed by atoms with E-state index in [2.05, 4.69) is 25.9 Å². The van der Waals surface area contributed by atoms with E-state index in [1.807, 2.05) is 6.92 Å². The number of amides is 3. The molecule has 0 radical (unpaired) electrons. The number of thiazole rings is 2. The molecule has 2 aromatic carbocycles. The molecule has 10 nitrogen and oxygen atoms in total. The van der Waals surface area contributed by atoms with Gasteiger partial charge in [-0.15, -0.1) is 11.3 Å². The summed E-state index contributed by atoms with van der Waals surface area (Å²) in [6, 6.07) is 7.20. The Labute approximate surface area is 229 Å². The number of carbonyl (C=O) groups is 2. The van der Waals surface area contributed by atoms with Gasteiger partial charge >= 0.3 is 6.03 Å². The zero-order valence-corrected chi connectivity index (χ0v) is 22.4. The predicted molar refractivity (Wildman–Crippen MR) is 147 cm³/mol. The lowest BCUT2D eigenvalue weighted by Gasteiger charge is -2.13. The van der Waals surface area contributed by atoms with Crippen LogP contribution < -0.4 is 26.4 Å². The summed E-state index contributed by atoms with van der Waals surface area (Å²) in [6.07, 6.45) is 0.545. The molecule has 1 unspecified atom stereocenters. The van der Waals surface area contributed by atoms with Gasteiger partial charge < -0.3 is 26.2 Å². The molecular formula is C25H24F2N6O4S2. The fourth-order valence-corrected chi connectivity index (χ4v) is 5.23. The molecule has 39 heavy (non-hydrogen) atoms. The number of anilines is 3. The number of hydrogen-bond donors (Lipinski definition) is 5. The highest BCUT2D eigenvalue weighted by molar-refractivity contribution is 7.23. The smallest absolute Gasteiger partial charge is 0.321 e. The van der Waals surface area contributed by atoms with Crippen molar-refractivity contribution < 1.29 is 28.2 Å². The number of rotatable bonds is 9. The largest absolute Gasteiger partial charge is 0.497 e. The van der Waals surface area contributed by atoms with Gasteiger partial charge in [-0.2, -0.15) is 0 Å². The molecule has 6 N–H and O–H groups in total. The van der Waals surface area contributed by atoms with Crippen molar-refractivity contribution in [3.63, 3.8) is 0 Å². The van der Waals surface area contributed by atoms with Crippen LogP contribution in [0.2, 0.25) is 0 Å². The molecule has 1 atom stereocenters. The average molecular weight is 575 g/mol. The summed E-state index contributed by atoms with van der Waals surface area (Å²) in [6.45, 7) is 1.62. The number of ether oxygens (including phenoxy) is 1. The van der Waals surface area contributed by atoms with Crippen LogP contribution in [0.1, 0.15) is 23.7 Å². The van der Waals surface area contributed by atoms with Crippen LogP contribution in [-0.2, 0) is 0 Å². The highest BCUT2D eigenvalue weighted by atomic mass is 32.1. The summed E-state index contributed by atoms with van der Waals surface area (Å²) >= 11 is 2.22. The van der Waals surface area contributed by atoms with E-state index in [-0.39, 0.29) is 40.1 Å². The fourth-order valence-electron chi connectivity index (χ4n) is 3.44. The minimum atomic E-state index is -0.949. The van der Waals surface area contributed by atoms with Gasteiger partial charge in [0.25, 0.3) is 5.91 Å². The lowest BCUT2D eigenvalue weighted by Crippen LogP contribution is -2.39. The molecule has 0 spiro atoms. The zero-order chi connectivity index (χ0) is 28.1. The Bertz CT molecular complexity index is 1510. The fraction of sp³-hybridized carbons (Fsp3) is 0.200. The number of nitrogen functional groups attached to an aromatic ring is 1. The Balaban J connectivity index is 1.55. The van der Waals surface area contributed by atoms with E-state index in [1.54, 1.807) is 17.5 Å². The number of nitrogens with zero attached hydrogens (tertiary/aromatic N) is 2. The quantitative estimate of drug-likeness (QED) is 0.190. The molecule has 0 bridgehead atoms. The summed E-state index contributed by atoms with van der Waals surface area (Å²) < 4.78 is 34.4. The molecule has 0 aliphatic heterocycles. The van der Waals surface area contributed by atoms with Crippen LogP contribution in [0.3, 0.4) is 0 Å². The van der Waals surface area contributed by atoms with Gasteiger partial charge in [0.2, 0.25) is 0 Å². The van der Waals surface area contributed by atoms with Crippen LogP contribution in [0, 0.1) is 11.6 Å². The number of nitrogens with two attached hydrogens (primary N) is 1. The number of carbonyl (C=O) groups excluding carboxylic acids is 2. The summed E-state index contributed by atoms with van der Waals surface area (Å²) in [4.78, 5) is 33.8. The van der Waals surface area contributed by atoms with E-state index < -0.39 is 29.6 Å². The molecule has 4 rings (SSSR count). The molecule has 2 aromatic heterocycles. The van der Waals surface area contributed by atoms with Gasteiger partial charge in [-0.05, 0) is 30.7 Å². The Kier molecular flexibility index (Phi) is 8.69. The number of aliphatic hydroxyl groups excluding tert-OH is 1. The summed E-state index contributed by atoms with van der Waals surface area (Å²) in [5, 5.41) is 19.0. The van der Waals surface area contributed by atoms with Gasteiger partial charge in [0.05, 0.1) is 31.1 Å². The number of aromatic nitrogens is 2. The Morgan fingerprint density at radius 2 is 1.95 bits per heavy atom. The van der Waals surface area contributed by atoms with Crippen molar-refractivity contribution in [1.29, 1.82) is 0 Å². The second-order valence-electron chi connectivity index (χ2n) is 8.16. The molecule has 14 heteroatoms. The lowest BCUT2D eigenvalue weighted by molar-refractivity contribution is 0.102. The number of methoxy groups -OCH3 is 1. The number of aliphatic hydroxyl groups is 1. The Morgan fingerprint density at radius 1 is 1.15 bits per heavy atom. The molecule has 0 saturated carbocycles. The van der Waals surface area contributed by atoms with Crippen LogP contribution in [-0.4, -0.2) is 46.8 Å². The van der Waals surface area contributed by atoms with Crippen LogP contribution in [0.5, 0.6) is 5.75 Å². The number of hydrogen-bond acceptors (Lipinski definition) is 9. The van der Waals surface area contributed by atoms with Crippen molar-refractivity contribution in [2.24, 2.45) is 0 Å². The normalized spacial score (nSPS) is 11.6. The molecule has 204 valence electrons. The summed E-state index contributed by atoms with van der Waals surface area (Å²) in [5.74, 6) is -1.86. The summed E-state index contributed by atoms with van der Waals surface area (Å²) in [7, 11) is 1.46. The lowest BCUT2D eigenvalue weighted by atomic mass is 10.1. The average Bonchev–Trinajstić information content (AvgIpc) is 3.55. The summed E-state index contributed by atoms with van der Waals surface area (Å²) in [5.41, 5.74) is 6.20. The third kappa shape index (κ3) is 6.47. The van der Waals surface area contributed by atoms with Crippen molar-refractivity contribution in [2.75, 3.05) is 30.1 Å². The van der Waals surface area contributed by atoms with Crippen molar-refractivity contribution in [1.82, 2.24) is 15.3 Å². The van der Waals surface area contributed by atoms with Gasteiger partial charge in [-0.25, -0.2) is 23.5 Å². The van der Waals surface area contributed by atoms with Crippen LogP contribution >= 0.6 is 22.7 Å². The molecule has 3 amide bonds. The number of urea groups is 1. The maximum atomic E-state index is 14.8. The van der Waals surface area contributed by atoms with E-state index in [0.29, 0.717) is 28.1 Å². The highest BCUT2D eigenvalue weighted by Crippen LogP contribution is 2.39. The molecule has 0 saturated heterocycles. The van der Waals surface area contributed by atoms with E-state index in [9.17, 15) is 23.5 Å². The first-order valence-corrected chi connectivity index (χ1v) is 13.3. The SMILES string of the molecule is CCC(CO)NC(=O)Nc1nc(N)c(-c2nc(-c3cc(NC(=O)c4cccc(OC)c4)c(F)cc3F)cs2)s1. The molecule has 2 heterocycles. The van der Waals surface area contributed by atoms with Gasteiger partial charge in [-0.3, -0.25) is 10.1 Å². The van der Waals surface area contributed by atoms with Gasteiger partial charge in [0, 0.05) is 22.6 Å². The van der Waals surface area contributed by atoms with Crippen LogP contribution in [0.4, 0.5) is 30.2 Å². The first kappa shape index (κ1) is 27.9. The molecular weight excluding hydrogens is 550 g/mol. The van der Waals surface area contributed by atoms with Crippen LogP contribution in [0.25, 0.3) is 21.1 Å². The highest BCUT2D eigenvalue weighted by Gasteiger charge is 2.20. The maximum absolute atomic E-state index is 14.8. The van der Waals surface area contributed by atoms with E-state index in [0.717, 1.165) is 22.7 Å². The van der Waals surface area contributed by atoms with E-state index >= 15 is 0 Å². The Hall–Kier alpha value is -4.14. The molecule has 0 fully saturated rings. The minimum Gasteiger partial charge on any atom is -0.497 e.